The molecular weight excluding hydrogens is 229 g/mol. The SMILES string of the molecule is COc1c(C(C)(C)F)ccc(C)c1C1CCNC1. The quantitative estimate of drug-likeness (QED) is 0.890. The van der Waals surface area contributed by atoms with Crippen molar-refractivity contribution in [3.05, 3.63) is 28.8 Å². The molecular formula is C15H22FNO. The summed E-state index contributed by atoms with van der Waals surface area (Å²) in [6, 6.07) is 3.85. The fourth-order valence-electron chi connectivity index (χ4n) is 2.79. The van der Waals surface area contributed by atoms with Crippen LogP contribution < -0.4 is 10.1 Å². The summed E-state index contributed by atoms with van der Waals surface area (Å²) in [5.74, 6) is 1.17. The lowest BCUT2D eigenvalue weighted by molar-refractivity contribution is 0.213. The molecule has 1 unspecified atom stereocenters. The van der Waals surface area contributed by atoms with Crippen LogP contribution in [0.4, 0.5) is 4.39 Å². The van der Waals surface area contributed by atoms with Crippen LogP contribution in [0.15, 0.2) is 12.1 Å². The van der Waals surface area contributed by atoms with Gasteiger partial charge in [0.25, 0.3) is 0 Å². The van der Waals surface area contributed by atoms with Crippen LogP contribution in [0, 0.1) is 6.92 Å². The van der Waals surface area contributed by atoms with Gasteiger partial charge in [-0.15, -0.1) is 0 Å². The van der Waals surface area contributed by atoms with E-state index in [9.17, 15) is 4.39 Å². The Morgan fingerprint density at radius 2 is 2.11 bits per heavy atom. The summed E-state index contributed by atoms with van der Waals surface area (Å²) in [6.45, 7) is 7.21. The molecule has 0 amide bonds. The molecule has 1 N–H and O–H groups in total. The van der Waals surface area contributed by atoms with Gasteiger partial charge in [-0.1, -0.05) is 12.1 Å². The first-order chi connectivity index (χ1) is 8.45. The summed E-state index contributed by atoms with van der Waals surface area (Å²) in [6.07, 6.45) is 1.09. The van der Waals surface area contributed by atoms with E-state index in [1.807, 2.05) is 12.1 Å². The van der Waals surface area contributed by atoms with Crippen molar-refractivity contribution in [2.75, 3.05) is 20.2 Å². The third-order valence-electron chi connectivity index (χ3n) is 3.73. The van der Waals surface area contributed by atoms with Crippen LogP contribution in [0.5, 0.6) is 5.75 Å². The average molecular weight is 251 g/mol. The Morgan fingerprint density at radius 1 is 1.39 bits per heavy atom. The maximum Gasteiger partial charge on any atom is 0.134 e. The van der Waals surface area contributed by atoms with Gasteiger partial charge in [0.05, 0.1) is 7.11 Å². The number of alkyl halides is 1. The Balaban J connectivity index is 2.55. The molecule has 2 nitrogen and oxygen atoms in total. The minimum absolute atomic E-state index is 0.433. The molecule has 1 heterocycles. The highest BCUT2D eigenvalue weighted by atomic mass is 19.1. The number of aryl methyl sites for hydroxylation is 1. The van der Waals surface area contributed by atoms with Crippen molar-refractivity contribution >= 4 is 0 Å². The van der Waals surface area contributed by atoms with E-state index in [0.29, 0.717) is 11.5 Å². The smallest absolute Gasteiger partial charge is 0.134 e. The van der Waals surface area contributed by atoms with Crippen molar-refractivity contribution < 1.29 is 9.13 Å². The van der Waals surface area contributed by atoms with Gasteiger partial charge in [-0.2, -0.15) is 0 Å². The van der Waals surface area contributed by atoms with Gasteiger partial charge in [-0.3, -0.25) is 0 Å². The second-order valence-electron chi connectivity index (χ2n) is 5.54. The number of hydrogen-bond donors (Lipinski definition) is 1. The molecule has 0 saturated carbocycles. The van der Waals surface area contributed by atoms with Crippen LogP contribution in [0.3, 0.4) is 0 Å². The molecule has 1 fully saturated rings. The summed E-state index contributed by atoms with van der Waals surface area (Å²) in [7, 11) is 1.63. The second kappa shape index (κ2) is 4.88. The lowest BCUT2D eigenvalue weighted by Gasteiger charge is -2.24. The van der Waals surface area contributed by atoms with Crippen molar-refractivity contribution in [3.63, 3.8) is 0 Å². The van der Waals surface area contributed by atoms with E-state index in [4.69, 9.17) is 4.74 Å². The largest absolute Gasteiger partial charge is 0.496 e. The lowest BCUT2D eigenvalue weighted by Crippen LogP contribution is -2.15. The summed E-state index contributed by atoms with van der Waals surface area (Å²) in [5, 5.41) is 3.36. The van der Waals surface area contributed by atoms with Gasteiger partial charge in [-0.05, 0) is 39.3 Å². The topological polar surface area (TPSA) is 21.3 Å². The zero-order chi connectivity index (χ0) is 13.3. The maximum atomic E-state index is 14.3. The number of benzene rings is 1. The number of ether oxygens (including phenoxy) is 1. The fraction of sp³-hybridized carbons (Fsp3) is 0.600. The molecule has 0 radical (unpaired) electrons. The molecule has 0 bridgehead atoms. The van der Waals surface area contributed by atoms with Crippen LogP contribution in [0.1, 0.15) is 42.9 Å². The van der Waals surface area contributed by atoms with E-state index >= 15 is 0 Å². The van der Waals surface area contributed by atoms with E-state index in [0.717, 1.165) is 25.3 Å². The average Bonchev–Trinajstić information content (AvgIpc) is 2.79. The number of nitrogens with one attached hydrogen (secondary N) is 1. The zero-order valence-corrected chi connectivity index (χ0v) is 11.6. The second-order valence-corrected chi connectivity index (χ2v) is 5.54. The highest BCUT2D eigenvalue weighted by Crippen LogP contribution is 2.41. The molecule has 0 aromatic heterocycles. The van der Waals surface area contributed by atoms with Crippen molar-refractivity contribution in [2.24, 2.45) is 0 Å². The Labute approximate surface area is 109 Å². The molecule has 18 heavy (non-hydrogen) atoms. The summed E-state index contributed by atoms with van der Waals surface area (Å²) in [5.41, 5.74) is 1.64. The maximum absolute atomic E-state index is 14.3. The first-order valence-corrected chi connectivity index (χ1v) is 6.52. The third-order valence-corrected chi connectivity index (χ3v) is 3.73. The zero-order valence-electron chi connectivity index (χ0n) is 11.6. The normalized spacial score (nSPS) is 20.2. The van der Waals surface area contributed by atoms with E-state index in [1.54, 1.807) is 21.0 Å². The van der Waals surface area contributed by atoms with Gasteiger partial charge in [0.1, 0.15) is 11.4 Å². The molecule has 0 spiro atoms. The van der Waals surface area contributed by atoms with Gasteiger partial charge in [0.2, 0.25) is 0 Å². The molecule has 1 aromatic carbocycles. The van der Waals surface area contributed by atoms with Gasteiger partial charge >= 0.3 is 0 Å². The van der Waals surface area contributed by atoms with Gasteiger partial charge < -0.3 is 10.1 Å². The van der Waals surface area contributed by atoms with Gasteiger partial charge in [0, 0.05) is 23.6 Å². The Morgan fingerprint density at radius 3 is 2.61 bits per heavy atom. The van der Waals surface area contributed by atoms with Crippen LogP contribution >= 0.6 is 0 Å². The summed E-state index contributed by atoms with van der Waals surface area (Å²) < 4.78 is 19.8. The van der Waals surface area contributed by atoms with Crippen molar-refractivity contribution in [3.8, 4) is 5.75 Å². The summed E-state index contributed by atoms with van der Waals surface area (Å²) in [4.78, 5) is 0. The van der Waals surface area contributed by atoms with Crippen LogP contribution in [0.25, 0.3) is 0 Å². The van der Waals surface area contributed by atoms with Crippen LogP contribution in [-0.2, 0) is 5.67 Å². The van der Waals surface area contributed by atoms with Crippen molar-refractivity contribution in [1.82, 2.24) is 5.32 Å². The van der Waals surface area contributed by atoms with Crippen LogP contribution in [0.2, 0.25) is 0 Å². The molecule has 1 aliphatic heterocycles. The van der Waals surface area contributed by atoms with Crippen LogP contribution in [-0.4, -0.2) is 20.2 Å². The minimum Gasteiger partial charge on any atom is -0.496 e. The molecule has 1 aliphatic rings. The molecule has 1 aromatic rings. The number of hydrogen-bond acceptors (Lipinski definition) is 2. The molecule has 1 atom stereocenters. The molecule has 0 aliphatic carbocycles. The van der Waals surface area contributed by atoms with Gasteiger partial charge in [-0.25, -0.2) is 4.39 Å². The standard InChI is InChI=1S/C15H22FNO/c1-10-5-6-12(15(2,3)16)14(18-4)13(10)11-7-8-17-9-11/h5-6,11,17H,7-9H2,1-4H3. The predicted octanol–water partition coefficient (Wildman–Crippen LogP) is 3.29. The van der Waals surface area contributed by atoms with Gasteiger partial charge in [0.15, 0.2) is 0 Å². The van der Waals surface area contributed by atoms with Crippen molar-refractivity contribution in [2.45, 2.75) is 38.8 Å². The third kappa shape index (κ3) is 2.37. The first kappa shape index (κ1) is 13.3. The number of halogens is 1. The highest BCUT2D eigenvalue weighted by Gasteiger charge is 2.29. The highest BCUT2D eigenvalue weighted by molar-refractivity contribution is 5.50. The lowest BCUT2D eigenvalue weighted by atomic mass is 9.87. The minimum atomic E-state index is -1.38. The molecule has 3 heteroatoms. The van der Waals surface area contributed by atoms with Crippen molar-refractivity contribution in [1.29, 1.82) is 0 Å². The number of rotatable bonds is 3. The molecule has 2 rings (SSSR count). The first-order valence-electron chi connectivity index (χ1n) is 6.52. The molecule has 100 valence electrons. The van der Waals surface area contributed by atoms with E-state index in [-0.39, 0.29) is 0 Å². The molecule has 1 saturated heterocycles. The Hall–Kier alpha value is -1.09. The fourth-order valence-corrected chi connectivity index (χ4v) is 2.79. The Kier molecular flexibility index (Phi) is 3.62. The van der Waals surface area contributed by atoms with E-state index in [1.165, 1.54) is 11.1 Å². The summed E-state index contributed by atoms with van der Waals surface area (Å²) >= 11 is 0. The predicted molar refractivity (Wildman–Crippen MR) is 72.1 cm³/mol. The monoisotopic (exact) mass is 251 g/mol. The van der Waals surface area contributed by atoms with E-state index < -0.39 is 5.67 Å². The Bertz CT molecular complexity index is 431. The van der Waals surface area contributed by atoms with E-state index in [2.05, 4.69) is 12.2 Å². The number of methoxy groups -OCH3 is 1.